The molecule has 98 valence electrons. The standard InChI is InChI=1S/C11H12BrClN2O3/c12-8-3-7(4-14-9(8)13)18-6-11(1-2-11)5-15-10(16)17/h3-4,15H,1-2,5-6H2,(H,16,17). The van der Waals surface area contributed by atoms with Gasteiger partial charge in [0.25, 0.3) is 0 Å². The van der Waals surface area contributed by atoms with Crippen LogP contribution in [0, 0.1) is 5.41 Å². The summed E-state index contributed by atoms with van der Waals surface area (Å²) in [5.74, 6) is 0.618. The first kappa shape index (κ1) is 13.4. The Kier molecular flexibility index (Phi) is 3.97. The van der Waals surface area contributed by atoms with Gasteiger partial charge in [-0.3, -0.25) is 0 Å². The molecule has 1 heterocycles. The van der Waals surface area contributed by atoms with Crippen LogP contribution < -0.4 is 10.1 Å². The predicted octanol–water partition coefficient (Wildman–Crippen LogP) is 2.92. The number of carbonyl (C=O) groups is 1. The lowest BCUT2D eigenvalue weighted by molar-refractivity contribution is 0.184. The molecular formula is C11H12BrClN2O3. The molecule has 0 aromatic carbocycles. The average Bonchev–Trinajstić information content (AvgIpc) is 3.09. The van der Waals surface area contributed by atoms with Gasteiger partial charge in [0, 0.05) is 12.0 Å². The van der Waals surface area contributed by atoms with Crippen molar-refractivity contribution in [1.82, 2.24) is 10.3 Å². The Morgan fingerprint density at radius 1 is 1.67 bits per heavy atom. The normalized spacial score (nSPS) is 16.1. The van der Waals surface area contributed by atoms with E-state index < -0.39 is 6.09 Å². The van der Waals surface area contributed by atoms with E-state index in [1.807, 2.05) is 0 Å². The summed E-state index contributed by atoms with van der Waals surface area (Å²) in [6, 6.07) is 1.75. The third-order valence-electron chi connectivity index (χ3n) is 2.89. The molecule has 1 saturated carbocycles. The molecule has 2 rings (SSSR count). The van der Waals surface area contributed by atoms with E-state index in [1.54, 1.807) is 12.3 Å². The number of rotatable bonds is 5. The second-order valence-corrected chi connectivity index (χ2v) is 5.60. The average molecular weight is 336 g/mol. The fourth-order valence-corrected chi connectivity index (χ4v) is 1.96. The Bertz CT molecular complexity index is 466. The van der Waals surface area contributed by atoms with Gasteiger partial charge in [0.15, 0.2) is 0 Å². The van der Waals surface area contributed by atoms with Crippen molar-refractivity contribution in [2.75, 3.05) is 13.2 Å². The molecule has 7 heteroatoms. The molecule has 2 N–H and O–H groups in total. The summed E-state index contributed by atoms with van der Waals surface area (Å²) < 4.78 is 6.29. The van der Waals surface area contributed by atoms with Crippen LogP contribution in [0.4, 0.5) is 4.79 Å². The summed E-state index contributed by atoms with van der Waals surface area (Å²) in [5, 5.41) is 11.4. The van der Waals surface area contributed by atoms with Gasteiger partial charge in [0.2, 0.25) is 0 Å². The van der Waals surface area contributed by atoms with Crippen molar-refractivity contribution < 1.29 is 14.6 Å². The van der Waals surface area contributed by atoms with Gasteiger partial charge in [0.1, 0.15) is 10.9 Å². The zero-order chi connectivity index (χ0) is 13.2. The van der Waals surface area contributed by atoms with E-state index in [2.05, 4.69) is 26.2 Å². The molecular weight excluding hydrogens is 323 g/mol. The maximum absolute atomic E-state index is 10.4. The van der Waals surface area contributed by atoms with Crippen molar-refractivity contribution in [2.45, 2.75) is 12.8 Å². The fraction of sp³-hybridized carbons (Fsp3) is 0.455. The van der Waals surface area contributed by atoms with Crippen molar-refractivity contribution in [1.29, 1.82) is 0 Å². The van der Waals surface area contributed by atoms with Crippen LogP contribution in [0.1, 0.15) is 12.8 Å². The summed E-state index contributed by atoms with van der Waals surface area (Å²) in [7, 11) is 0. The van der Waals surface area contributed by atoms with Crippen molar-refractivity contribution in [3.05, 3.63) is 21.9 Å². The molecule has 0 saturated heterocycles. The number of carboxylic acid groups (broad SMARTS) is 1. The van der Waals surface area contributed by atoms with Crippen LogP contribution in [0.5, 0.6) is 5.75 Å². The van der Waals surface area contributed by atoms with Gasteiger partial charge in [-0.15, -0.1) is 0 Å². The number of amides is 1. The van der Waals surface area contributed by atoms with Crippen LogP contribution >= 0.6 is 27.5 Å². The first-order valence-electron chi connectivity index (χ1n) is 5.41. The lowest BCUT2D eigenvalue weighted by Gasteiger charge is -2.16. The minimum atomic E-state index is -1.00. The highest BCUT2D eigenvalue weighted by Gasteiger charge is 2.43. The zero-order valence-corrected chi connectivity index (χ0v) is 11.8. The van der Waals surface area contributed by atoms with Crippen molar-refractivity contribution in [3.8, 4) is 5.75 Å². The highest BCUT2D eigenvalue weighted by Crippen LogP contribution is 2.45. The number of ether oxygens (including phenoxy) is 1. The van der Waals surface area contributed by atoms with Crippen LogP contribution in [-0.4, -0.2) is 29.3 Å². The van der Waals surface area contributed by atoms with Crippen molar-refractivity contribution in [2.24, 2.45) is 5.41 Å². The number of hydrogen-bond donors (Lipinski definition) is 2. The van der Waals surface area contributed by atoms with Crippen LogP contribution in [-0.2, 0) is 0 Å². The van der Waals surface area contributed by atoms with Gasteiger partial charge in [0.05, 0.1) is 17.3 Å². The van der Waals surface area contributed by atoms with E-state index >= 15 is 0 Å². The number of nitrogens with zero attached hydrogens (tertiary/aromatic N) is 1. The summed E-state index contributed by atoms with van der Waals surface area (Å²) in [5.41, 5.74) is -0.0650. The number of pyridine rings is 1. The predicted molar refractivity (Wildman–Crippen MR) is 70.1 cm³/mol. The van der Waals surface area contributed by atoms with Crippen LogP contribution in [0.3, 0.4) is 0 Å². The molecule has 5 nitrogen and oxygen atoms in total. The molecule has 1 fully saturated rings. The highest BCUT2D eigenvalue weighted by atomic mass is 79.9. The first-order chi connectivity index (χ1) is 8.51. The van der Waals surface area contributed by atoms with E-state index in [0.29, 0.717) is 28.5 Å². The third-order valence-corrected chi connectivity index (χ3v) is 4.02. The quantitative estimate of drug-likeness (QED) is 0.812. The summed E-state index contributed by atoms with van der Waals surface area (Å²) in [4.78, 5) is 14.4. The molecule has 1 amide bonds. The third kappa shape index (κ3) is 3.49. The van der Waals surface area contributed by atoms with Gasteiger partial charge in [-0.2, -0.15) is 0 Å². The Balaban J connectivity index is 1.87. The number of nitrogens with one attached hydrogen (secondary N) is 1. The molecule has 0 atom stereocenters. The monoisotopic (exact) mass is 334 g/mol. The van der Waals surface area contributed by atoms with Gasteiger partial charge in [-0.1, -0.05) is 11.6 Å². The van der Waals surface area contributed by atoms with Crippen LogP contribution in [0.25, 0.3) is 0 Å². The minimum absolute atomic E-state index is 0.0650. The summed E-state index contributed by atoms with van der Waals surface area (Å²) in [6.45, 7) is 0.896. The largest absolute Gasteiger partial charge is 0.491 e. The molecule has 1 aromatic heterocycles. The van der Waals surface area contributed by atoms with Gasteiger partial charge >= 0.3 is 6.09 Å². The second kappa shape index (κ2) is 5.32. The molecule has 18 heavy (non-hydrogen) atoms. The van der Waals surface area contributed by atoms with Crippen molar-refractivity contribution >= 4 is 33.6 Å². The summed E-state index contributed by atoms with van der Waals surface area (Å²) >= 11 is 9.05. The molecule has 0 spiro atoms. The van der Waals surface area contributed by atoms with Gasteiger partial charge in [-0.25, -0.2) is 9.78 Å². The smallest absolute Gasteiger partial charge is 0.404 e. The van der Waals surface area contributed by atoms with Crippen LogP contribution in [0.2, 0.25) is 5.15 Å². The molecule has 0 radical (unpaired) electrons. The zero-order valence-electron chi connectivity index (χ0n) is 9.45. The Morgan fingerprint density at radius 2 is 2.39 bits per heavy atom. The molecule has 1 aliphatic rings. The highest BCUT2D eigenvalue weighted by molar-refractivity contribution is 9.10. The van der Waals surface area contributed by atoms with Gasteiger partial charge in [-0.05, 0) is 34.8 Å². The van der Waals surface area contributed by atoms with E-state index in [-0.39, 0.29) is 5.41 Å². The number of aromatic nitrogens is 1. The van der Waals surface area contributed by atoms with Crippen molar-refractivity contribution in [3.63, 3.8) is 0 Å². The molecule has 0 bridgehead atoms. The van der Waals surface area contributed by atoms with E-state index in [0.717, 1.165) is 12.8 Å². The Labute approximate surface area is 118 Å². The van der Waals surface area contributed by atoms with E-state index in [1.165, 1.54) is 0 Å². The van der Waals surface area contributed by atoms with E-state index in [4.69, 9.17) is 21.4 Å². The van der Waals surface area contributed by atoms with E-state index in [9.17, 15) is 4.79 Å². The Morgan fingerprint density at radius 3 is 2.94 bits per heavy atom. The summed E-state index contributed by atoms with van der Waals surface area (Å²) in [6.07, 6.45) is 2.48. The topological polar surface area (TPSA) is 71.5 Å². The maximum Gasteiger partial charge on any atom is 0.404 e. The SMILES string of the molecule is O=C(O)NCC1(COc2cnc(Cl)c(Br)c2)CC1. The maximum atomic E-state index is 10.4. The lowest BCUT2D eigenvalue weighted by Crippen LogP contribution is -2.31. The van der Waals surface area contributed by atoms with Gasteiger partial charge < -0.3 is 15.2 Å². The number of hydrogen-bond acceptors (Lipinski definition) is 3. The second-order valence-electron chi connectivity index (χ2n) is 4.39. The molecule has 1 aliphatic carbocycles. The molecule has 0 unspecified atom stereocenters. The molecule has 0 aliphatic heterocycles. The van der Waals surface area contributed by atoms with Crippen LogP contribution in [0.15, 0.2) is 16.7 Å². The Hall–Kier alpha value is -1.01. The lowest BCUT2D eigenvalue weighted by atomic mass is 10.1. The first-order valence-corrected chi connectivity index (χ1v) is 6.59. The number of halogens is 2. The molecule has 1 aromatic rings. The fourth-order valence-electron chi connectivity index (χ4n) is 1.53. The minimum Gasteiger partial charge on any atom is -0.491 e.